The summed E-state index contributed by atoms with van der Waals surface area (Å²) in [6, 6.07) is 5.72. The molecule has 0 amide bonds. The first-order valence-corrected chi connectivity index (χ1v) is 5.62. The average Bonchev–Trinajstić information content (AvgIpc) is 2.61. The molecule has 16 heavy (non-hydrogen) atoms. The molecule has 5 heteroatoms. The maximum absolute atomic E-state index is 10.3. The van der Waals surface area contributed by atoms with Crippen molar-refractivity contribution in [2.24, 2.45) is 0 Å². The molecule has 0 aliphatic carbocycles. The van der Waals surface area contributed by atoms with E-state index in [0.29, 0.717) is 0 Å². The largest absolute Gasteiger partial charge is 0.767 e. The van der Waals surface area contributed by atoms with Crippen molar-refractivity contribution in [1.29, 1.82) is 0 Å². The van der Waals surface area contributed by atoms with E-state index in [-0.39, 0.29) is 5.03 Å². The lowest BCUT2D eigenvalue weighted by molar-refractivity contribution is 0.541. The summed E-state index contributed by atoms with van der Waals surface area (Å²) in [6.07, 6.45) is 11.7. The van der Waals surface area contributed by atoms with Crippen molar-refractivity contribution in [3.8, 4) is 0 Å². The molecule has 1 aliphatic heterocycles. The first-order valence-electron chi connectivity index (χ1n) is 4.55. The van der Waals surface area contributed by atoms with Gasteiger partial charge in [0, 0.05) is 18.6 Å². The third-order valence-electron chi connectivity index (χ3n) is 1.54. The lowest BCUT2D eigenvalue weighted by Crippen LogP contribution is -2.08. The van der Waals surface area contributed by atoms with Gasteiger partial charge in [0.15, 0.2) is 0 Å². The maximum Gasteiger partial charge on any atom is 0.0894 e. The van der Waals surface area contributed by atoms with Gasteiger partial charge in [0.05, 0.1) is 5.03 Å². The van der Waals surface area contributed by atoms with E-state index < -0.39 is 11.1 Å². The second-order valence-corrected chi connectivity index (χ2v) is 3.59. The van der Waals surface area contributed by atoms with Crippen LogP contribution in [-0.2, 0) is 11.1 Å². The minimum atomic E-state index is -2.17. The van der Waals surface area contributed by atoms with Crippen molar-refractivity contribution < 1.29 is 8.76 Å². The Balaban J connectivity index is 0.000000181. The zero-order valence-electron chi connectivity index (χ0n) is 8.45. The van der Waals surface area contributed by atoms with E-state index in [4.69, 9.17) is 0 Å². The van der Waals surface area contributed by atoms with Crippen LogP contribution in [0.15, 0.2) is 66.1 Å². The summed E-state index contributed by atoms with van der Waals surface area (Å²) in [4.78, 5) is 3.78. The molecule has 2 rings (SSSR count). The van der Waals surface area contributed by atoms with Crippen LogP contribution in [0.1, 0.15) is 0 Å². The van der Waals surface area contributed by atoms with E-state index in [1.165, 1.54) is 6.08 Å². The van der Waals surface area contributed by atoms with Crippen molar-refractivity contribution in [3.05, 3.63) is 66.1 Å². The molecular formula is C11H11N2O2S-. The summed E-state index contributed by atoms with van der Waals surface area (Å²) in [6.45, 7) is 0. The molecule has 0 saturated carbocycles. The molecule has 1 atom stereocenters. The van der Waals surface area contributed by atoms with Crippen LogP contribution in [-0.4, -0.2) is 13.7 Å². The lowest BCUT2D eigenvalue weighted by Gasteiger charge is -2.07. The predicted molar refractivity (Wildman–Crippen MR) is 62.7 cm³/mol. The number of nitrogens with one attached hydrogen (secondary N) is 1. The molecule has 0 bridgehead atoms. The lowest BCUT2D eigenvalue weighted by atomic mass is 10.5. The van der Waals surface area contributed by atoms with E-state index in [1.54, 1.807) is 36.8 Å². The summed E-state index contributed by atoms with van der Waals surface area (Å²) in [5.41, 5.74) is 0. The summed E-state index contributed by atoms with van der Waals surface area (Å²) in [7, 11) is 0. The van der Waals surface area contributed by atoms with Gasteiger partial charge in [-0.15, -0.1) is 0 Å². The standard InChI is InChI=1S/C6H7NO2S.C5H5N/c8-10(9)6-4-2-1-3-5-7-6;1-2-4-6-5-3-1/h1-5,7H,(H,8,9);1-5H/p-1. The predicted octanol–water partition coefficient (Wildman–Crippen LogP) is 1.46. The van der Waals surface area contributed by atoms with Gasteiger partial charge in [-0.1, -0.05) is 18.2 Å². The summed E-state index contributed by atoms with van der Waals surface area (Å²) in [5, 5.41) is 2.77. The van der Waals surface area contributed by atoms with Gasteiger partial charge in [-0.05, 0) is 35.4 Å². The van der Waals surface area contributed by atoms with Crippen LogP contribution in [0.2, 0.25) is 0 Å². The van der Waals surface area contributed by atoms with Crippen LogP contribution in [0.25, 0.3) is 0 Å². The van der Waals surface area contributed by atoms with E-state index in [2.05, 4.69) is 10.3 Å². The fraction of sp³-hybridized carbons (Fsp3) is 0. The second kappa shape index (κ2) is 7.56. The molecule has 84 valence electrons. The smallest absolute Gasteiger partial charge is 0.0894 e. The van der Waals surface area contributed by atoms with Crippen LogP contribution >= 0.6 is 0 Å². The molecular weight excluding hydrogens is 224 g/mol. The molecule has 0 saturated heterocycles. The Morgan fingerprint density at radius 3 is 2.38 bits per heavy atom. The molecule has 0 radical (unpaired) electrons. The van der Waals surface area contributed by atoms with Crippen LogP contribution in [0.4, 0.5) is 0 Å². The zero-order valence-corrected chi connectivity index (χ0v) is 9.26. The summed E-state index contributed by atoms with van der Waals surface area (Å²) >= 11 is -2.17. The molecule has 1 aromatic heterocycles. The maximum atomic E-state index is 10.3. The number of aromatic nitrogens is 1. The monoisotopic (exact) mass is 235 g/mol. The second-order valence-electron chi connectivity index (χ2n) is 2.68. The number of nitrogens with zero attached hydrogens (tertiary/aromatic N) is 1. The molecule has 4 nitrogen and oxygen atoms in total. The topological polar surface area (TPSA) is 65.0 Å². The minimum absolute atomic E-state index is 0.185. The quantitative estimate of drug-likeness (QED) is 0.748. The normalized spacial score (nSPS) is 14.9. The van der Waals surface area contributed by atoms with Crippen LogP contribution in [0.3, 0.4) is 0 Å². The first kappa shape index (κ1) is 12.4. The minimum Gasteiger partial charge on any atom is -0.767 e. The van der Waals surface area contributed by atoms with Crippen LogP contribution in [0.5, 0.6) is 0 Å². The number of allylic oxidation sites excluding steroid dienone is 4. The average molecular weight is 235 g/mol. The Morgan fingerprint density at radius 1 is 1.12 bits per heavy atom. The Kier molecular flexibility index (Phi) is 5.83. The van der Waals surface area contributed by atoms with Crippen molar-refractivity contribution >= 4 is 11.1 Å². The van der Waals surface area contributed by atoms with Crippen molar-refractivity contribution in [2.75, 3.05) is 0 Å². The van der Waals surface area contributed by atoms with Gasteiger partial charge in [-0.3, -0.25) is 9.19 Å². The van der Waals surface area contributed by atoms with Crippen LogP contribution < -0.4 is 5.32 Å². The third-order valence-corrected chi connectivity index (χ3v) is 2.15. The zero-order chi connectivity index (χ0) is 11.6. The Hall–Kier alpha value is -1.72. The molecule has 1 aliphatic rings. The van der Waals surface area contributed by atoms with E-state index >= 15 is 0 Å². The van der Waals surface area contributed by atoms with Gasteiger partial charge in [0.1, 0.15) is 0 Å². The van der Waals surface area contributed by atoms with Crippen molar-refractivity contribution in [1.82, 2.24) is 10.3 Å². The Morgan fingerprint density at radius 2 is 1.88 bits per heavy atom. The van der Waals surface area contributed by atoms with Gasteiger partial charge >= 0.3 is 0 Å². The highest BCUT2D eigenvalue weighted by Gasteiger charge is 1.91. The fourth-order valence-electron chi connectivity index (χ4n) is 0.857. The Bertz CT molecular complexity index is 387. The number of hydrogen-bond acceptors (Lipinski definition) is 4. The van der Waals surface area contributed by atoms with Gasteiger partial charge in [-0.2, -0.15) is 0 Å². The van der Waals surface area contributed by atoms with E-state index in [9.17, 15) is 8.76 Å². The van der Waals surface area contributed by atoms with Gasteiger partial charge in [0.25, 0.3) is 0 Å². The van der Waals surface area contributed by atoms with Crippen molar-refractivity contribution in [3.63, 3.8) is 0 Å². The highest BCUT2D eigenvalue weighted by molar-refractivity contribution is 7.83. The number of hydrogen-bond donors (Lipinski definition) is 1. The molecule has 1 unspecified atom stereocenters. The van der Waals surface area contributed by atoms with E-state index in [1.807, 2.05) is 18.2 Å². The van der Waals surface area contributed by atoms with E-state index in [0.717, 1.165) is 0 Å². The molecule has 0 spiro atoms. The van der Waals surface area contributed by atoms with Crippen LogP contribution in [0, 0.1) is 0 Å². The van der Waals surface area contributed by atoms with Gasteiger partial charge in [0.2, 0.25) is 0 Å². The Labute approximate surface area is 96.7 Å². The third kappa shape index (κ3) is 5.23. The molecule has 0 fully saturated rings. The number of rotatable bonds is 1. The van der Waals surface area contributed by atoms with Gasteiger partial charge < -0.3 is 9.87 Å². The molecule has 0 aromatic carbocycles. The fourth-order valence-corrected chi connectivity index (χ4v) is 1.21. The molecule has 1 aromatic rings. The highest BCUT2D eigenvalue weighted by Crippen LogP contribution is 1.97. The highest BCUT2D eigenvalue weighted by atomic mass is 32.2. The number of pyridine rings is 1. The van der Waals surface area contributed by atoms with Crippen molar-refractivity contribution in [2.45, 2.75) is 0 Å². The summed E-state index contributed by atoms with van der Waals surface area (Å²) < 4.78 is 20.6. The first-order chi connectivity index (χ1) is 7.80. The summed E-state index contributed by atoms with van der Waals surface area (Å²) in [5.74, 6) is 0. The SMILES string of the molecule is O=S([O-])C1=CC=CC=CN1.c1ccncc1. The molecule has 2 heterocycles. The molecule has 1 N–H and O–H groups in total. The van der Waals surface area contributed by atoms with Gasteiger partial charge in [-0.25, -0.2) is 0 Å².